The highest BCUT2D eigenvalue weighted by Crippen LogP contribution is 2.08. The number of carbonyl (C=O) groups is 1. The van der Waals surface area contributed by atoms with Crippen LogP contribution < -0.4 is 5.32 Å². The van der Waals surface area contributed by atoms with Crippen molar-refractivity contribution in [1.82, 2.24) is 15.1 Å². The molecule has 0 aliphatic carbocycles. The lowest BCUT2D eigenvalue weighted by molar-refractivity contribution is -0.116. The maximum absolute atomic E-state index is 11.7. The van der Waals surface area contributed by atoms with E-state index in [2.05, 4.69) is 17.3 Å². The summed E-state index contributed by atoms with van der Waals surface area (Å²) in [6, 6.07) is 0. The second-order valence-corrected chi connectivity index (χ2v) is 4.67. The van der Waals surface area contributed by atoms with Crippen LogP contribution in [0.25, 0.3) is 6.08 Å². The van der Waals surface area contributed by atoms with Crippen LogP contribution in [0.15, 0.2) is 12.3 Å². The Labute approximate surface area is 114 Å². The highest BCUT2D eigenvalue weighted by Gasteiger charge is 2.06. The molecule has 5 heteroatoms. The lowest BCUT2D eigenvalue weighted by Gasteiger charge is -2.13. The third-order valence-corrected chi connectivity index (χ3v) is 3.37. The molecule has 0 aliphatic heterocycles. The van der Waals surface area contributed by atoms with Crippen molar-refractivity contribution in [3.63, 3.8) is 0 Å². The van der Waals surface area contributed by atoms with E-state index in [9.17, 15) is 4.79 Å². The van der Waals surface area contributed by atoms with Crippen molar-refractivity contribution in [3.8, 4) is 0 Å². The summed E-state index contributed by atoms with van der Waals surface area (Å²) >= 11 is 0. The number of nitrogens with one attached hydrogen (secondary N) is 1. The molecule has 1 aromatic heterocycles. The Kier molecular flexibility index (Phi) is 6.29. The standard InChI is InChI=1S/C14H23N3O2/c1-4-12(7-8-18)9-15-14(19)6-5-13-10-16-17(3)11(13)2/h5-6,10,12,18H,4,7-9H2,1-3H3,(H,15,19)/b6-5+. The van der Waals surface area contributed by atoms with Gasteiger partial charge in [-0.15, -0.1) is 0 Å². The number of carbonyl (C=O) groups excluding carboxylic acids is 1. The van der Waals surface area contributed by atoms with Crippen LogP contribution in [-0.2, 0) is 11.8 Å². The van der Waals surface area contributed by atoms with Crippen molar-refractivity contribution in [3.05, 3.63) is 23.5 Å². The van der Waals surface area contributed by atoms with E-state index in [4.69, 9.17) is 5.11 Å². The summed E-state index contributed by atoms with van der Waals surface area (Å²) in [5, 5.41) is 15.8. The summed E-state index contributed by atoms with van der Waals surface area (Å²) in [6.07, 6.45) is 6.70. The van der Waals surface area contributed by atoms with E-state index in [1.165, 1.54) is 6.08 Å². The molecule has 0 fully saturated rings. The summed E-state index contributed by atoms with van der Waals surface area (Å²) in [5.74, 6) is 0.224. The van der Waals surface area contributed by atoms with Gasteiger partial charge in [0.1, 0.15) is 0 Å². The van der Waals surface area contributed by atoms with Crippen LogP contribution in [0.1, 0.15) is 31.0 Å². The van der Waals surface area contributed by atoms with Crippen molar-refractivity contribution in [2.24, 2.45) is 13.0 Å². The normalized spacial score (nSPS) is 12.8. The second kappa shape index (κ2) is 7.74. The van der Waals surface area contributed by atoms with Crippen LogP contribution >= 0.6 is 0 Å². The topological polar surface area (TPSA) is 67.2 Å². The molecule has 1 aromatic rings. The first kappa shape index (κ1) is 15.4. The maximum Gasteiger partial charge on any atom is 0.244 e. The lowest BCUT2D eigenvalue weighted by atomic mass is 10.0. The van der Waals surface area contributed by atoms with Gasteiger partial charge < -0.3 is 10.4 Å². The van der Waals surface area contributed by atoms with Crippen molar-refractivity contribution in [2.45, 2.75) is 26.7 Å². The van der Waals surface area contributed by atoms with Gasteiger partial charge in [0, 0.05) is 37.5 Å². The van der Waals surface area contributed by atoms with E-state index in [0.717, 1.165) is 24.1 Å². The highest BCUT2D eigenvalue weighted by molar-refractivity contribution is 5.91. The van der Waals surface area contributed by atoms with E-state index in [0.29, 0.717) is 12.5 Å². The van der Waals surface area contributed by atoms with E-state index < -0.39 is 0 Å². The lowest BCUT2D eigenvalue weighted by Crippen LogP contribution is -2.28. The number of amides is 1. The first-order chi connectivity index (χ1) is 9.08. The van der Waals surface area contributed by atoms with E-state index in [1.54, 1.807) is 17.0 Å². The van der Waals surface area contributed by atoms with Gasteiger partial charge in [0.25, 0.3) is 0 Å². The zero-order valence-corrected chi connectivity index (χ0v) is 11.9. The van der Waals surface area contributed by atoms with Gasteiger partial charge in [0.05, 0.1) is 6.20 Å². The zero-order valence-electron chi connectivity index (χ0n) is 11.9. The molecule has 1 amide bonds. The fourth-order valence-electron chi connectivity index (χ4n) is 1.78. The Morgan fingerprint density at radius 3 is 2.89 bits per heavy atom. The SMILES string of the molecule is CCC(CCO)CNC(=O)/C=C/c1cnn(C)c1C. The summed E-state index contributed by atoms with van der Waals surface area (Å²) < 4.78 is 1.77. The van der Waals surface area contributed by atoms with Gasteiger partial charge in [-0.1, -0.05) is 13.3 Å². The van der Waals surface area contributed by atoms with Crippen molar-refractivity contribution in [1.29, 1.82) is 0 Å². The van der Waals surface area contributed by atoms with E-state index >= 15 is 0 Å². The number of aliphatic hydroxyl groups excluding tert-OH is 1. The largest absolute Gasteiger partial charge is 0.396 e. The molecule has 0 saturated carbocycles. The molecule has 0 aliphatic rings. The number of hydrogen-bond donors (Lipinski definition) is 2. The van der Waals surface area contributed by atoms with Crippen LogP contribution in [0, 0.1) is 12.8 Å². The quantitative estimate of drug-likeness (QED) is 0.730. The summed E-state index contributed by atoms with van der Waals surface area (Å²) in [6.45, 7) is 4.78. The number of hydrogen-bond acceptors (Lipinski definition) is 3. The third-order valence-electron chi connectivity index (χ3n) is 3.37. The average Bonchev–Trinajstić information content (AvgIpc) is 2.72. The molecule has 0 aromatic carbocycles. The van der Waals surface area contributed by atoms with Gasteiger partial charge in [0.2, 0.25) is 5.91 Å². The molecule has 0 bridgehead atoms. The Hall–Kier alpha value is -1.62. The zero-order chi connectivity index (χ0) is 14.3. The molecule has 0 saturated heterocycles. The van der Waals surface area contributed by atoms with Crippen molar-refractivity contribution in [2.75, 3.05) is 13.2 Å². The van der Waals surface area contributed by atoms with Gasteiger partial charge in [-0.2, -0.15) is 5.10 Å². The second-order valence-electron chi connectivity index (χ2n) is 4.67. The van der Waals surface area contributed by atoms with Crippen molar-refractivity contribution < 1.29 is 9.90 Å². The van der Waals surface area contributed by atoms with Gasteiger partial charge in [-0.25, -0.2) is 0 Å². The minimum absolute atomic E-state index is 0.111. The Balaban J connectivity index is 2.45. The number of aromatic nitrogens is 2. The average molecular weight is 265 g/mol. The molecule has 1 unspecified atom stereocenters. The third kappa shape index (κ3) is 4.87. The predicted octanol–water partition coefficient (Wildman–Crippen LogP) is 1.27. The van der Waals surface area contributed by atoms with Gasteiger partial charge >= 0.3 is 0 Å². The number of rotatable bonds is 7. The van der Waals surface area contributed by atoms with Crippen LogP contribution in [0.3, 0.4) is 0 Å². The van der Waals surface area contributed by atoms with Crippen LogP contribution in [0.5, 0.6) is 0 Å². The molecule has 1 heterocycles. The minimum Gasteiger partial charge on any atom is -0.396 e. The van der Waals surface area contributed by atoms with Gasteiger partial charge in [0.15, 0.2) is 0 Å². The molecular formula is C14H23N3O2. The molecule has 1 rings (SSSR count). The summed E-state index contributed by atoms with van der Waals surface area (Å²) in [7, 11) is 1.87. The van der Waals surface area contributed by atoms with Crippen molar-refractivity contribution >= 4 is 12.0 Å². The summed E-state index contributed by atoms with van der Waals surface area (Å²) in [5.41, 5.74) is 1.97. The van der Waals surface area contributed by atoms with Crippen LogP contribution in [0.4, 0.5) is 0 Å². The predicted molar refractivity (Wildman–Crippen MR) is 75.5 cm³/mol. The van der Waals surface area contributed by atoms with Crippen LogP contribution in [-0.4, -0.2) is 33.9 Å². The molecule has 0 spiro atoms. The molecule has 2 N–H and O–H groups in total. The fraction of sp³-hybridized carbons (Fsp3) is 0.571. The molecule has 1 atom stereocenters. The maximum atomic E-state index is 11.7. The van der Waals surface area contributed by atoms with E-state index in [-0.39, 0.29) is 12.5 Å². The molecule has 5 nitrogen and oxygen atoms in total. The minimum atomic E-state index is -0.111. The first-order valence-electron chi connectivity index (χ1n) is 6.63. The van der Waals surface area contributed by atoms with Gasteiger partial charge in [-0.05, 0) is 25.3 Å². The van der Waals surface area contributed by atoms with Crippen LogP contribution in [0.2, 0.25) is 0 Å². The Bertz CT molecular complexity index is 438. The molecule has 106 valence electrons. The first-order valence-corrected chi connectivity index (χ1v) is 6.63. The molecule has 19 heavy (non-hydrogen) atoms. The Morgan fingerprint density at radius 2 is 2.37 bits per heavy atom. The monoisotopic (exact) mass is 265 g/mol. The smallest absolute Gasteiger partial charge is 0.244 e. The molecule has 0 radical (unpaired) electrons. The number of aliphatic hydroxyl groups is 1. The highest BCUT2D eigenvalue weighted by atomic mass is 16.3. The number of nitrogens with zero attached hydrogens (tertiary/aromatic N) is 2. The number of aryl methyl sites for hydroxylation is 1. The molecular weight excluding hydrogens is 242 g/mol. The Morgan fingerprint density at radius 1 is 1.63 bits per heavy atom. The summed E-state index contributed by atoms with van der Waals surface area (Å²) in [4.78, 5) is 11.7. The van der Waals surface area contributed by atoms with E-state index in [1.807, 2.05) is 14.0 Å². The van der Waals surface area contributed by atoms with Gasteiger partial charge in [-0.3, -0.25) is 9.48 Å². The fourth-order valence-corrected chi connectivity index (χ4v) is 1.78.